The molecule has 7 heteroatoms. The van der Waals surface area contributed by atoms with E-state index in [0.717, 1.165) is 9.09 Å². The number of nitrogens with zero attached hydrogens (tertiary/aromatic N) is 2. The summed E-state index contributed by atoms with van der Waals surface area (Å²) >= 11 is 3.01. The Morgan fingerprint density at radius 2 is 2.20 bits per heavy atom. The van der Waals surface area contributed by atoms with Crippen LogP contribution in [0.15, 0.2) is 50.7 Å². The first-order valence-corrected chi connectivity index (χ1v) is 9.02. The summed E-state index contributed by atoms with van der Waals surface area (Å²) in [6, 6.07) is 10.0. The number of aromatic nitrogens is 1. The first kappa shape index (κ1) is 14.8. The van der Waals surface area contributed by atoms with Crippen molar-refractivity contribution in [2.45, 2.75) is 9.24 Å². The lowest BCUT2D eigenvalue weighted by Crippen LogP contribution is -2.05. The van der Waals surface area contributed by atoms with E-state index >= 15 is 0 Å². The number of allylic oxidation sites excluding steroid dienone is 1. The Kier molecular flexibility index (Phi) is 4.60. The van der Waals surface area contributed by atoms with Crippen LogP contribution in [0.4, 0.5) is 0 Å². The van der Waals surface area contributed by atoms with E-state index in [1.54, 1.807) is 36.0 Å². The highest BCUT2D eigenvalue weighted by Gasteiger charge is 2.22. The fourth-order valence-corrected chi connectivity index (χ4v) is 4.11. The largest absolute Gasteiger partial charge is 0.244 e. The fourth-order valence-electron chi connectivity index (χ4n) is 1.44. The minimum Gasteiger partial charge on any atom is -0.244 e. The Morgan fingerprint density at radius 1 is 1.40 bits per heavy atom. The molecular formula is C13H10N2O2S3. The highest BCUT2D eigenvalue weighted by atomic mass is 32.2. The Morgan fingerprint density at radius 3 is 2.75 bits per heavy atom. The number of nitriles is 1. The van der Waals surface area contributed by atoms with E-state index in [1.807, 2.05) is 12.3 Å². The highest BCUT2D eigenvalue weighted by Crippen LogP contribution is 2.28. The average Bonchev–Trinajstić information content (AvgIpc) is 2.93. The van der Waals surface area contributed by atoms with Gasteiger partial charge in [0.05, 0.1) is 4.21 Å². The topological polar surface area (TPSA) is 70.8 Å². The molecule has 0 radical (unpaired) electrons. The molecule has 0 bridgehead atoms. The van der Waals surface area contributed by atoms with E-state index in [-0.39, 0.29) is 9.93 Å². The molecule has 0 aliphatic rings. The van der Waals surface area contributed by atoms with E-state index in [9.17, 15) is 8.42 Å². The summed E-state index contributed by atoms with van der Waals surface area (Å²) in [5, 5.41) is 9.01. The molecule has 20 heavy (non-hydrogen) atoms. The molecule has 0 unspecified atom stereocenters. The van der Waals surface area contributed by atoms with Gasteiger partial charge < -0.3 is 0 Å². The molecule has 2 heterocycles. The molecule has 4 nitrogen and oxygen atoms in total. The number of hydrogen-bond donors (Lipinski definition) is 0. The van der Waals surface area contributed by atoms with Gasteiger partial charge in [-0.1, -0.05) is 6.07 Å². The van der Waals surface area contributed by atoms with Crippen molar-refractivity contribution < 1.29 is 8.42 Å². The van der Waals surface area contributed by atoms with Crippen molar-refractivity contribution in [2.24, 2.45) is 0 Å². The Balaban J connectivity index is 2.45. The van der Waals surface area contributed by atoms with Crippen molar-refractivity contribution >= 4 is 39.0 Å². The first-order valence-electron chi connectivity index (χ1n) is 5.49. The Bertz CT molecular complexity index is 771. The lowest BCUT2D eigenvalue weighted by molar-refractivity contribution is 0.600. The second kappa shape index (κ2) is 6.22. The second-order valence-corrected chi connectivity index (χ2v) is 7.74. The third kappa shape index (κ3) is 3.10. The molecule has 2 aromatic rings. The zero-order valence-electron chi connectivity index (χ0n) is 10.5. The van der Waals surface area contributed by atoms with Crippen molar-refractivity contribution in [3.8, 4) is 6.07 Å². The average molecular weight is 322 g/mol. The maximum atomic E-state index is 12.3. The van der Waals surface area contributed by atoms with Gasteiger partial charge in [0.15, 0.2) is 9.93 Å². The normalized spacial score (nSPS) is 12.1. The van der Waals surface area contributed by atoms with Crippen molar-refractivity contribution in [3.05, 3.63) is 46.3 Å². The summed E-state index contributed by atoms with van der Waals surface area (Å²) in [4.78, 5) is 4.23. The van der Waals surface area contributed by atoms with Crippen LogP contribution in [0.5, 0.6) is 0 Å². The van der Waals surface area contributed by atoms with Crippen LogP contribution in [-0.2, 0) is 9.84 Å². The quantitative estimate of drug-likeness (QED) is 0.638. The zero-order valence-corrected chi connectivity index (χ0v) is 12.9. The fraction of sp³-hybridized carbons (Fsp3) is 0.0769. The minimum absolute atomic E-state index is 0.116. The molecule has 0 N–H and O–H groups in total. The van der Waals surface area contributed by atoms with Crippen molar-refractivity contribution in [2.75, 3.05) is 6.26 Å². The van der Waals surface area contributed by atoms with Gasteiger partial charge >= 0.3 is 0 Å². The van der Waals surface area contributed by atoms with Gasteiger partial charge in [-0.25, -0.2) is 13.4 Å². The summed E-state index contributed by atoms with van der Waals surface area (Å²) in [6.07, 6.45) is 4.71. The van der Waals surface area contributed by atoms with Crippen LogP contribution in [0, 0.1) is 11.3 Å². The zero-order chi connectivity index (χ0) is 14.6. The van der Waals surface area contributed by atoms with E-state index in [0.29, 0.717) is 0 Å². The van der Waals surface area contributed by atoms with Crippen LogP contribution in [0.25, 0.3) is 6.08 Å². The van der Waals surface area contributed by atoms with Crippen molar-refractivity contribution in [1.82, 2.24) is 4.98 Å². The number of thioether (sulfide) groups is 1. The summed E-state index contributed by atoms with van der Waals surface area (Å²) < 4.78 is 25.6. The van der Waals surface area contributed by atoms with E-state index in [1.165, 1.54) is 29.7 Å². The van der Waals surface area contributed by atoms with Crippen molar-refractivity contribution in [3.63, 3.8) is 0 Å². The van der Waals surface area contributed by atoms with E-state index in [4.69, 9.17) is 5.26 Å². The smallest absolute Gasteiger partial charge is 0.233 e. The Hall–Kier alpha value is -1.62. The number of pyridine rings is 1. The van der Waals surface area contributed by atoms with Crippen LogP contribution >= 0.6 is 23.1 Å². The van der Waals surface area contributed by atoms with Crippen LogP contribution in [0.3, 0.4) is 0 Å². The SMILES string of the molecule is CSc1ccc(C=C(C#N)S(=O)(=O)c2ccccn2)s1. The van der Waals surface area contributed by atoms with E-state index in [2.05, 4.69) is 4.98 Å². The lowest BCUT2D eigenvalue weighted by atomic mass is 10.4. The number of rotatable bonds is 4. The number of thiophene rings is 1. The van der Waals surface area contributed by atoms with Gasteiger partial charge in [0.2, 0.25) is 9.84 Å². The first-order chi connectivity index (χ1) is 9.57. The molecular weight excluding hydrogens is 312 g/mol. The van der Waals surface area contributed by atoms with Crippen LogP contribution in [-0.4, -0.2) is 19.7 Å². The van der Waals surface area contributed by atoms with Gasteiger partial charge in [-0.3, -0.25) is 0 Å². The molecule has 0 fully saturated rings. The number of sulfone groups is 1. The molecule has 0 spiro atoms. The molecule has 0 atom stereocenters. The summed E-state index contributed by atoms with van der Waals surface area (Å²) in [5.41, 5.74) is 0. The molecule has 0 aromatic carbocycles. The second-order valence-electron chi connectivity index (χ2n) is 3.65. The van der Waals surface area contributed by atoms with Crippen LogP contribution < -0.4 is 0 Å². The Labute approximate surface area is 125 Å². The lowest BCUT2D eigenvalue weighted by Gasteiger charge is -2.00. The van der Waals surface area contributed by atoms with Crippen LogP contribution in [0.2, 0.25) is 0 Å². The predicted molar refractivity (Wildman–Crippen MR) is 81.1 cm³/mol. The third-order valence-corrected chi connectivity index (χ3v) is 6.09. The summed E-state index contributed by atoms with van der Waals surface area (Å²) in [6.45, 7) is 0. The molecule has 2 aromatic heterocycles. The minimum atomic E-state index is -3.86. The highest BCUT2D eigenvalue weighted by molar-refractivity contribution is 8.00. The monoisotopic (exact) mass is 322 g/mol. The maximum absolute atomic E-state index is 12.3. The third-order valence-electron chi connectivity index (χ3n) is 2.39. The van der Waals surface area contributed by atoms with Gasteiger partial charge in [0.25, 0.3) is 0 Å². The molecule has 0 aliphatic carbocycles. The molecule has 0 amide bonds. The summed E-state index contributed by atoms with van der Waals surface area (Å²) in [5.74, 6) is 0. The standard InChI is InChI=1S/C13H10N2O2S3/c1-18-13-6-5-10(19-13)8-11(9-14)20(16,17)12-4-2-3-7-15-12/h2-8H,1H3. The van der Waals surface area contributed by atoms with Gasteiger partial charge in [-0.05, 0) is 36.6 Å². The van der Waals surface area contributed by atoms with Crippen LogP contribution in [0.1, 0.15) is 4.88 Å². The number of hydrogen-bond acceptors (Lipinski definition) is 6. The predicted octanol–water partition coefficient (Wildman–Crippen LogP) is 3.20. The van der Waals surface area contributed by atoms with E-state index < -0.39 is 9.84 Å². The maximum Gasteiger partial charge on any atom is 0.233 e. The molecule has 0 saturated heterocycles. The summed E-state index contributed by atoms with van der Waals surface area (Å²) in [7, 11) is -3.86. The van der Waals surface area contributed by atoms with Crippen molar-refractivity contribution in [1.29, 1.82) is 5.26 Å². The van der Waals surface area contributed by atoms with Gasteiger partial charge in [0, 0.05) is 11.1 Å². The molecule has 0 aliphatic heterocycles. The van der Waals surface area contributed by atoms with Gasteiger partial charge in [0.1, 0.15) is 6.07 Å². The molecule has 0 saturated carbocycles. The van der Waals surface area contributed by atoms with Gasteiger partial charge in [-0.15, -0.1) is 23.1 Å². The molecule has 102 valence electrons. The van der Waals surface area contributed by atoms with Gasteiger partial charge in [-0.2, -0.15) is 5.26 Å². The molecule has 2 rings (SSSR count).